The van der Waals surface area contributed by atoms with Crippen molar-refractivity contribution in [3.8, 4) is 11.1 Å². The molecular formula is C18H14ClN3O2. The van der Waals surface area contributed by atoms with Gasteiger partial charge in [-0.1, -0.05) is 41.9 Å². The van der Waals surface area contributed by atoms with Gasteiger partial charge in [0.25, 0.3) is 11.5 Å². The molecule has 0 spiro atoms. The fourth-order valence-electron chi connectivity index (χ4n) is 2.44. The van der Waals surface area contributed by atoms with Gasteiger partial charge in [-0.3, -0.25) is 9.59 Å². The molecule has 0 aliphatic rings. The molecule has 6 heteroatoms. The zero-order valence-corrected chi connectivity index (χ0v) is 13.6. The Hall–Kier alpha value is -2.92. The third-order valence-corrected chi connectivity index (χ3v) is 3.81. The van der Waals surface area contributed by atoms with Crippen LogP contribution in [0.15, 0.2) is 59.4 Å². The van der Waals surface area contributed by atoms with E-state index in [2.05, 4.69) is 15.5 Å². The van der Waals surface area contributed by atoms with Crippen molar-refractivity contribution < 1.29 is 4.79 Å². The average Bonchev–Trinajstić information content (AvgIpc) is 2.59. The summed E-state index contributed by atoms with van der Waals surface area (Å²) in [4.78, 5) is 24.9. The van der Waals surface area contributed by atoms with Crippen LogP contribution in [0.1, 0.15) is 16.1 Å². The Labute approximate surface area is 143 Å². The number of nitrogens with one attached hydrogen (secondary N) is 2. The second-order valence-electron chi connectivity index (χ2n) is 5.22. The second-order valence-corrected chi connectivity index (χ2v) is 5.65. The van der Waals surface area contributed by atoms with Gasteiger partial charge in [0.1, 0.15) is 5.56 Å². The molecular weight excluding hydrogens is 326 g/mol. The Balaban J connectivity index is 2.07. The van der Waals surface area contributed by atoms with Crippen molar-refractivity contribution in [3.05, 3.63) is 81.2 Å². The maximum Gasteiger partial charge on any atom is 0.277 e. The van der Waals surface area contributed by atoms with Gasteiger partial charge in [0.05, 0.1) is 5.69 Å². The molecule has 0 bridgehead atoms. The number of carbonyl (C=O) groups is 1. The summed E-state index contributed by atoms with van der Waals surface area (Å²) in [7, 11) is 0. The van der Waals surface area contributed by atoms with Crippen LogP contribution in [-0.2, 0) is 0 Å². The van der Waals surface area contributed by atoms with Gasteiger partial charge in [-0.2, -0.15) is 5.10 Å². The highest BCUT2D eigenvalue weighted by atomic mass is 35.5. The Morgan fingerprint density at radius 2 is 1.75 bits per heavy atom. The highest BCUT2D eigenvalue weighted by Crippen LogP contribution is 2.24. The van der Waals surface area contributed by atoms with Crippen molar-refractivity contribution in [1.82, 2.24) is 10.2 Å². The van der Waals surface area contributed by atoms with Crippen molar-refractivity contribution in [3.63, 3.8) is 0 Å². The summed E-state index contributed by atoms with van der Waals surface area (Å²) in [6.07, 6.45) is 0. The summed E-state index contributed by atoms with van der Waals surface area (Å²) in [5, 5.41) is 9.63. The van der Waals surface area contributed by atoms with E-state index in [-0.39, 0.29) is 5.56 Å². The number of aromatic nitrogens is 2. The first kappa shape index (κ1) is 16.0. The molecule has 0 saturated heterocycles. The van der Waals surface area contributed by atoms with E-state index in [4.69, 9.17) is 11.6 Å². The number of anilines is 1. The van der Waals surface area contributed by atoms with Crippen molar-refractivity contribution in [2.24, 2.45) is 0 Å². The van der Waals surface area contributed by atoms with Crippen LogP contribution in [0.4, 0.5) is 5.69 Å². The lowest BCUT2D eigenvalue weighted by atomic mass is 9.99. The van der Waals surface area contributed by atoms with Crippen molar-refractivity contribution in [1.29, 1.82) is 0 Å². The normalized spacial score (nSPS) is 10.4. The van der Waals surface area contributed by atoms with Crippen LogP contribution in [-0.4, -0.2) is 16.1 Å². The Morgan fingerprint density at radius 1 is 1.08 bits per heavy atom. The molecule has 0 radical (unpaired) electrons. The molecule has 1 heterocycles. The minimum absolute atomic E-state index is 0.0312. The van der Waals surface area contributed by atoms with E-state index < -0.39 is 11.5 Å². The van der Waals surface area contributed by atoms with Gasteiger partial charge >= 0.3 is 0 Å². The highest BCUT2D eigenvalue weighted by Gasteiger charge is 2.20. The van der Waals surface area contributed by atoms with Gasteiger partial charge < -0.3 is 5.32 Å². The Kier molecular flexibility index (Phi) is 4.44. The van der Waals surface area contributed by atoms with E-state index in [0.717, 1.165) is 5.56 Å². The minimum Gasteiger partial charge on any atom is -0.322 e. The smallest absolute Gasteiger partial charge is 0.277 e. The largest absolute Gasteiger partial charge is 0.322 e. The van der Waals surface area contributed by atoms with E-state index in [0.29, 0.717) is 22.0 Å². The summed E-state index contributed by atoms with van der Waals surface area (Å²) in [5.41, 5.74) is 1.90. The second kappa shape index (κ2) is 6.68. The molecule has 0 atom stereocenters. The number of benzene rings is 2. The highest BCUT2D eigenvalue weighted by molar-refractivity contribution is 6.30. The zero-order valence-electron chi connectivity index (χ0n) is 12.8. The summed E-state index contributed by atoms with van der Waals surface area (Å²) in [5.74, 6) is -0.497. The lowest BCUT2D eigenvalue weighted by Gasteiger charge is -2.11. The van der Waals surface area contributed by atoms with Crippen LogP contribution in [0.25, 0.3) is 11.1 Å². The van der Waals surface area contributed by atoms with Crippen LogP contribution in [0.5, 0.6) is 0 Å². The summed E-state index contributed by atoms with van der Waals surface area (Å²) < 4.78 is 0. The van der Waals surface area contributed by atoms with E-state index >= 15 is 0 Å². The predicted molar refractivity (Wildman–Crippen MR) is 94.4 cm³/mol. The lowest BCUT2D eigenvalue weighted by molar-refractivity contribution is 0.102. The van der Waals surface area contributed by atoms with Gasteiger partial charge in [-0.25, -0.2) is 5.10 Å². The maximum atomic E-state index is 12.7. The number of hydrogen-bond acceptors (Lipinski definition) is 3. The monoisotopic (exact) mass is 339 g/mol. The first-order chi connectivity index (χ1) is 11.6. The topological polar surface area (TPSA) is 74.8 Å². The number of hydrogen-bond donors (Lipinski definition) is 2. The van der Waals surface area contributed by atoms with Crippen molar-refractivity contribution in [2.75, 3.05) is 5.32 Å². The molecule has 5 nitrogen and oxygen atoms in total. The standard InChI is InChI=1S/C18H14ClN3O2/c1-11-15(12-5-3-2-4-6-12)16(18(24)22-21-11)17(23)20-14-9-7-13(19)8-10-14/h2-10H,1H3,(H,20,23)(H,22,24). The van der Waals surface area contributed by atoms with Crippen molar-refractivity contribution in [2.45, 2.75) is 6.92 Å². The van der Waals surface area contributed by atoms with Gasteiger partial charge in [0.15, 0.2) is 0 Å². The average molecular weight is 340 g/mol. The van der Waals surface area contributed by atoms with Gasteiger partial charge in [-0.05, 0) is 36.8 Å². The van der Waals surface area contributed by atoms with Crippen LogP contribution < -0.4 is 10.9 Å². The molecule has 0 saturated carbocycles. The van der Waals surface area contributed by atoms with Crippen LogP contribution in [0.3, 0.4) is 0 Å². The zero-order chi connectivity index (χ0) is 17.1. The van der Waals surface area contributed by atoms with E-state index in [9.17, 15) is 9.59 Å². The molecule has 120 valence electrons. The predicted octanol–water partition coefficient (Wildman–Crippen LogP) is 3.65. The number of nitrogens with zero attached hydrogens (tertiary/aromatic N) is 1. The number of aromatic amines is 1. The third-order valence-electron chi connectivity index (χ3n) is 3.56. The first-order valence-electron chi connectivity index (χ1n) is 7.28. The lowest BCUT2D eigenvalue weighted by Crippen LogP contribution is -2.26. The number of rotatable bonds is 3. The molecule has 1 amide bonds. The SMILES string of the molecule is Cc1n[nH]c(=O)c(C(=O)Nc2ccc(Cl)cc2)c1-c1ccccc1. The quantitative estimate of drug-likeness (QED) is 0.764. The number of H-pyrrole nitrogens is 1. The summed E-state index contributed by atoms with van der Waals surface area (Å²) in [6.45, 7) is 1.75. The van der Waals surface area contributed by atoms with E-state index in [1.165, 1.54) is 0 Å². The number of aryl methyl sites for hydroxylation is 1. The van der Waals surface area contributed by atoms with Crippen LogP contribution in [0, 0.1) is 6.92 Å². The molecule has 2 N–H and O–H groups in total. The molecule has 0 unspecified atom stereocenters. The molecule has 2 aromatic carbocycles. The maximum absolute atomic E-state index is 12.7. The van der Waals surface area contributed by atoms with E-state index in [1.807, 2.05) is 30.3 Å². The summed E-state index contributed by atoms with van der Waals surface area (Å²) in [6, 6.07) is 15.9. The molecule has 0 fully saturated rings. The van der Waals surface area contributed by atoms with Gasteiger partial charge in [-0.15, -0.1) is 0 Å². The van der Waals surface area contributed by atoms with Gasteiger partial charge in [0, 0.05) is 16.3 Å². The molecule has 24 heavy (non-hydrogen) atoms. The minimum atomic E-state index is -0.536. The number of carbonyl (C=O) groups excluding carboxylic acids is 1. The Morgan fingerprint density at radius 3 is 2.42 bits per heavy atom. The first-order valence-corrected chi connectivity index (χ1v) is 7.65. The molecule has 0 aliphatic carbocycles. The fourth-order valence-corrected chi connectivity index (χ4v) is 2.57. The number of halogens is 1. The van der Waals surface area contributed by atoms with Gasteiger partial charge in [0.2, 0.25) is 0 Å². The van der Waals surface area contributed by atoms with Crippen LogP contribution in [0.2, 0.25) is 5.02 Å². The van der Waals surface area contributed by atoms with Crippen molar-refractivity contribution >= 4 is 23.2 Å². The van der Waals surface area contributed by atoms with E-state index in [1.54, 1.807) is 31.2 Å². The van der Waals surface area contributed by atoms with Crippen LogP contribution >= 0.6 is 11.6 Å². The Bertz CT molecular complexity index is 935. The third kappa shape index (κ3) is 3.21. The molecule has 1 aromatic heterocycles. The molecule has 3 rings (SSSR count). The molecule has 0 aliphatic heterocycles. The molecule has 3 aromatic rings. The summed E-state index contributed by atoms with van der Waals surface area (Å²) >= 11 is 5.84. The fraction of sp³-hybridized carbons (Fsp3) is 0.0556. The number of amides is 1.